The number of hydrogen-bond acceptors (Lipinski definition) is 5. The number of carbonyl (C=O) groups excluding carboxylic acids is 1. The highest BCUT2D eigenvalue weighted by molar-refractivity contribution is 7.93. The van der Waals surface area contributed by atoms with E-state index in [2.05, 4.69) is 5.32 Å². The molecule has 1 N–H and O–H groups in total. The van der Waals surface area contributed by atoms with Crippen molar-refractivity contribution in [3.63, 3.8) is 0 Å². The molecule has 1 amide bonds. The van der Waals surface area contributed by atoms with Crippen molar-refractivity contribution >= 4 is 33.0 Å². The molecule has 1 aromatic heterocycles. The van der Waals surface area contributed by atoms with Gasteiger partial charge in [0.05, 0.1) is 12.8 Å². The summed E-state index contributed by atoms with van der Waals surface area (Å²) < 4.78 is 34.1. The van der Waals surface area contributed by atoms with Gasteiger partial charge in [0.2, 0.25) is 0 Å². The molecule has 0 bridgehead atoms. The minimum absolute atomic E-state index is 0.00687. The van der Waals surface area contributed by atoms with E-state index in [-0.39, 0.29) is 9.77 Å². The Kier molecular flexibility index (Phi) is 7.00. The van der Waals surface area contributed by atoms with Gasteiger partial charge in [-0.15, -0.1) is 11.3 Å². The average molecular weight is 493 g/mol. The Morgan fingerprint density at radius 1 is 0.941 bits per heavy atom. The van der Waals surface area contributed by atoms with Crippen molar-refractivity contribution in [2.75, 3.05) is 18.5 Å². The molecular weight excluding hydrogens is 468 g/mol. The van der Waals surface area contributed by atoms with Crippen LogP contribution in [0.5, 0.6) is 5.75 Å². The molecular formula is C26H24N2O4S2. The van der Waals surface area contributed by atoms with Crippen molar-refractivity contribution in [1.82, 2.24) is 5.32 Å². The Balaban J connectivity index is 1.75. The molecule has 0 atom stereocenters. The molecule has 4 aromatic rings. The summed E-state index contributed by atoms with van der Waals surface area (Å²) >= 11 is 1.12. The van der Waals surface area contributed by atoms with Crippen molar-refractivity contribution < 1.29 is 17.9 Å². The zero-order valence-electron chi connectivity index (χ0n) is 18.8. The van der Waals surface area contributed by atoms with Gasteiger partial charge in [0, 0.05) is 24.5 Å². The van der Waals surface area contributed by atoms with E-state index in [0.29, 0.717) is 23.5 Å². The molecule has 6 nitrogen and oxygen atoms in total. The lowest BCUT2D eigenvalue weighted by atomic mass is 10.1. The van der Waals surface area contributed by atoms with Crippen LogP contribution in [0.2, 0.25) is 0 Å². The summed E-state index contributed by atoms with van der Waals surface area (Å²) in [5.74, 6) is 0.189. The number of benzene rings is 3. The number of hydrogen-bond donors (Lipinski definition) is 1. The van der Waals surface area contributed by atoms with E-state index in [1.54, 1.807) is 36.8 Å². The van der Waals surface area contributed by atoms with E-state index in [1.165, 1.54) is 11.4 Å². The van der Waals surface area contributed by atoms with Crippen LogP contribution in [0, 0.1) is 0 Å². The first kappa shape index (κ1) is 23.5. The van der Waals surface area contributed by atoms with Crippen LogP contribution in [0.1, 0.15) is 15.2 Å². The number of ether oxygens (including phenoxy) is 1. The largest absolute Gasteiger partial charge is 0.497 e. The van der Waals surface area contributed by atoms with Gasteiger partial charge in [0.15, 0.2) is 0 Å². The molecule has 8 heteroatoms. The van der Waals surface area contributed by atoms with Gasteiger partial charge in [0.25, 0.3) is 15.9 Å². The minimum atomic E-state index is -4.06. The number of nitrogens with one attached hydrogen (secondary N) is 1. The number of amides is 1. The first-order valence-electron chi connectivity index (χ1n) is 10.5. The summed E-state index contributed by atoms with van der Waals surface area (Å²) in [6, 6.07) is 25.4. The van der Waals surface area contributed by atoms with E-state index < -0.39 is 15.9 Å². The molecule has 4 rings (SSSR count). The molecule has 0 unspecified atom stereocenters. The molecule has 174 valence electrons. The van der Waals surface area contributed by atoms with Crippen molar-refractivity contribution in [1.29, 1.82) is 0 Å². The third kappa shape index (κ3) is 4.83. The minimum Gasteiger partial charge on any atom is -0.497 e. The molecule has 0 aliphatic rings. The lowest BCUT2D eigenvalue weighted by Crippen LogP contribution is -2.30. The number of anilines is 1. The Bertz CT molecular complexity index is 1370. The van der Waals surface area contributed by atoms with Crippen LogP contribution in [0.3, 0.4) is 0 Å². The summed E-state index contributed by atoms with van der Waals surface area (Å²) in [4.78, 5) is 13.3. The zero-order valence-corrected chi connectivity index (χ0v) is 20.4. The van der Waals surface area contributed by atoms with Crippen LogP contribution in [-0.4, -0.2) is 28.5 Å². The Morgan fingerprint density at radius 2 is 1.56 bits per heavy atom. The van der Waals surface area contributed by atoms with Crippen LogP contribution >= 0.6 is 11.3 Å². The van der Waals surface area contributed by atoms with Crippen molar-refractivity contribution in [2.24, 2.45) is 0 Å². The smallest absolute Gasteiger partial charge is 0.266 e. The van der Waals surface area contributed by atoms with E-state index in [9.17, 15) is 13.2 Å². The lowest BCUT2D eigenvalue weighted by Gasteiger charge is -2.21. The van der Waals surface area contributed by atoms with Crippen LogP contribution in [0.25, 0.3) is 11.1 Å². The van der Waals surface area contributed by atoms with Gasteiger partial charge in [0.1, 0.15) is 15.5 Å². The highest BCUT2D eigenvalue weighted by Gasteiger charge is 2.32. The van der Waals surface area contributed by atoms with Crippen LogP contribution in [-0.2, 0) is 16.6 Å². The highest BCUT2D eigenvalue weighted by atomic mass is 32.2. The zero-order chi connectivity index (χ0) is 24.1. The van der Waals surface area contributed by atoms with Gasteiger partial charge < -0.3 is 10.1 Å². The molecule has 0 saturated carbocycles. The van der Waals surface area contributed by atoms with E-state index in [0.717, 1.165) is 22.5 Å². The molecule has 0 saturated heterocycles. The molecule has 0 aliphatic heterocycles. The fourth-order valence-electron chi connectivity index (χ4n) is 3.50. The Labute approximate surface area is 203 Å². The predicted molar refractivity (Wildman–Crippen MR) is 136 cm³/mol. The first-order valence-corrected chi connectivity index (χ1v) is 12.9. The Hall–Kier alpha value is -3.62. The topological polar surface area (TPSA) is 75.7 Å². The number of nitrogens with zero attached hydrogens (tertiary/aromatic N) is 1. The van der Waals surface area contributed by atoms with Gasteiger partial charge in [-0.25, -0.2) is 8.42 Å². The third-order valence-corrected chi connectivity index (χ3v) is 8.37. The summed E-state index contributed by atoms with van der Waals surface area (Å²) in [6.45, 7) is 0.298. The number of methoxy groups -OCH3 is 1. The number of rotatable bonds is 8. The fraction of sp³-hybridized carbons (Fsp3) is 0.115. The van der Waals surface area contributed by atoms with E-state index in [1.807, 2.05) is 60.7 Å². The normalized spacial score (nSPS) is 11.1. The summed E-state index contributed by atoms with van der Waals surface area (Å²) in [6.07, 6.45) is 0. The van der Waals surface area contributed by atoms with Crippen LogP contribution in [0.4, 0.5) is 5.69 Å². The van der Waals surface area contributed by atoms with Crippen molar-refractivity contribution in [3.8, 4) is 16.9 Å². The molecule has 0 fully saturated rings. The first-order chi connectivity index (χ1) is 16.4. The quantitative estimate of drug-likeness (QED) is 0.368. The molecule has 0 spiro atoms. The van der Waals surface area contributed by atoms with E-state index in [4.69, 9.17) is 4.74 Å². The van der Waals surface area contributed by atoms with Crippen molar-refractivity contribution in [2.45, 2.75) is 11.4 Å². The molecule has 1 heterocycles. The van der Waals surface area contributed by atoms with E-state index >= 15 is 0 Å². The molecule has 3 aromatic carbocycles. The Morgan fingerprint density at radius 3 is 2.18 bits per heavy atom. The number of sulfonamides is 1. The van der Waals surface area contributed by atoms with Gasteiger partial charge >= 0.3 is 0 Å². The second kappa shape index (κ2) is 10.1. The van der Waals surface area contributed by atoms with Crippen molar-refractivity contribution in [3.05, 3.63) is 101 Å². The molecule has 0 aliphatic carbocycles. The summed E-state index contributed by atoms with van der Waals surface area (Å²) in [7, 11) is -1.03. The summed E-state index contributed by atoms with van der Waals surface area (Å²) in [5, 5.41) is 4.58. The second-order valence-electron chi connectivity index (χ2n) is 7.51. The SMILES string of the molecule is COc1ccc(N(C)S(=O)(=O)c2c(-c3ccccc3)csc2C(=O)NCc2ccccc2)cc1. The molecule has 0 radical (unpaired) electrons. The van der Waals surface area contributed by atoms with Crippen LogP contribution in [0.15, 0.2) is 95.2 Å². The average Bonchev–Trinajstić information content (AvgIpc) is 3.34. The standard InChI is InChI=1S/C26H24N2O4S2/c1-28(21-13-15-22(32-2)16-14-21)34(30,31)25-23(20-11-7-4-8-12-20)18-33-24(25)26(29)27-17-19-9-5-3-6-10-19/h3-16,18H,17H2,1-2H3,(H,27,29). The maximum absolute atomic E-state index is 13.9. The highest BCUT2D eigenvalue weighted by Crippen LogP contribution is 2.38. The third-order valence-electron chi connectivity index (χ3n) is 5.39. The summed E-state index contributed by atoms with van der Waals surface area (Å²) in [5.41, 5.74) is 2.61. The van der Waals surface area contributed by atoms with Gasteiger partial charge in [-0.3, -0.25) is 9.10 Å². The second-order valence-corrected chi connectivity index (χ2v) is 10.3. The maximum Gasteiger partial charge on any atom is 0.266 e. The number of carbonyl (C=O) groups is 1. The van der Waals surface area contributed by atoms with Gasteiger partial charge in [-0.05, 0) is 35.4 Å². The maximum atomic E-state index is 13.9. The predicted octanol–water partition coefficient (Wildman–Crippen LogP) is 5.18. The number of thiophene rings is 1. The monoisotopic (exact) mass is 492 g/mol. The molecule has 34 heavy (non-hydrogen) atoms. The van der Waals surface area contributed by atoms with Gasteiger partial charge in [-0.2, -0.15) is 0 Å². The van der Waals surface area contributed by atoms with Crippen LogP contribution < -0.4 is 14.4 Å². The fourth-order valence-corrected chi connectivity index (χ4v) is 6.38. The van der Waals surface area contributed by atoms with Gasteiger partial charge in [-0.1, -0.05) is 60.7 Å². The lowest BCUT2D eigenvalue weighted by molar-refractivity contribution is 0.0952.